The van der Waals surface area contributed by atoms with Gasteiger partial charge in [0.05, 0.1) is 0 Å². The molecular weight excluding hydrogens is 303 g/mol. The van der Waals surface area contributed by atoms with E-state index in [2.05, 4.69) is 0 Å². The zero-order valence-electron chi connectivity index (χ0n) is 12.4. The van der Waals surface area contributed by atoms with Gasteiger partial charge in [0.15, 0.2) is 0 Å². The number of rotatable bonds is 7. The Labute approximate surface area is 125 Å². The highest BCUT2D eigenvalue weighted by atomic mass is 32.2. The van der Waals surface area contributed by atoms with Crippen molar-refractivity contribution in [1.29, 1.82) is 0 Å². The van der Waals surface area contributed by atoms with Gasteiger partial charge in [0.1, 0.15) is 0 Å². The number of allylic oxidation sites excluding steroid dienone is 1. The minimum Gasteiger partial charge on any atom is -0.203 e. The van der Waals surface area contributed by atoms with E-state index in [-0.39, 0.29) is 13.1 Å². The summed E-state index contributed by atoms with van der Waals surface area (Å²) in [4.78, 5) is 0. The van der Waals surface area contributed by atoms with E-state index in [9.17, 15) is 21.6 Å². The summed E-state index contributed by atoms with van der Waals surface area (Å²) in [6.45, 7) is 1.53. The number of alkyl halides is 3. The van der Waals surface area contributed by atoms with Crippen LogP contribution in [0.1, 0.15) is 51.9 Å². The van der Waals surface area contributed by atoms with Gasteiger partial charge in [0, 0.05) is 13.1 Å². The molecule has 0 aromatic rings. The summed E-state index contributed by atoms with van der Waals surface area (Å²) in [5.41, 5.74) is -5.22. The van der Waals surface area contributed by atoms with Crippen LogP contribution in [-0.2, 0) is 10.0 Å². The lowest BCUT2D eigenvalue weighted by atomic mass is 9.89. The molecule has 0 spiro atoms. The van der Waals surface area contributed by atoms with E-state index < -0.39 is 15.5 Å². The Hall–Kier alpha value is -0.560. The summed E-state index contributed by atoms with van der Waals surface area (Å²) in [7, 11) is -5.23. The smallest absolute Gasteiger partial charge is 0.203 e. The lowest BCUT2D eigenvalue weighted by Crippen LogP contribution is -2.41. The molecule has 124 valence electrons. The van der Waals surface area contributed by atoms with Crippen molar-refractivity contribution >= 4 is 10.0 Å². The van der Waals surface area contributed by atoms with Crippen molar-refractivity contribution in [1.82, 2.24) is 4.31 Å². The molecule has 0 amide bonds. The molecule has 0 bridgehead atoms. The minimum atomic E-state index is -5.23. The van der Waals surface area contributed by atoms with Crippen molar-refractivity contribution in [3.05, 3.63) is 12.2 Å². The molecule has 0 radical (unpaired) electrons. The van der Waals surface area contributed by atoms with Crippen LogP contribution in [0.3, 0.4) is 0 Å². The van der Waals surface area contributed by atoms with Gasteiger partial charge in [-0.3, -0.25) is 0 Å². The van der Waals surface area contributed by atoms with Gasteiger partial charge in [-0.05, 0) is 25.2 Å². The fourth-order valence-corrected chi connectivity index (χ4v) is 3.43. The molecule has 1 aliphatic rings. The summed E-state index contributed by atoms with van der Waals surface area (Å²) in [6, 6.07) is 0. The van der Waals surface area contributed by atoms with E-state index in [1.54, 1.807) is 6.08 Å². The topological polar surface area (TPSA) is 37.4 Å². The van der Waals surface area contributed by atoms with Gasteiger partial charge in [-0.2, -0.15) is 17.5 Å². The van der Waals surface area contributed by atoms with Crippen molar-refractivity contribution in [3.8, 4) is 0 Å². The Bertz CT molecular complexity index is 426. The third kappa shape index (κ3) is 5.62. The molecule has 0 N–H and O–H groups in total. The van der Waals surface area contributed by atoms with Gasteiger partial charge < -0.3 is 0 Å². The van der Waals surface area contributed by atoms with E-state index in [0.29, 0.717) is 23.1 Å². The van der Waals surface area contributed by atoms with E-state index in [0.717, 1.165) is 25.7 Å². The van der Waals surface area contributed by atoms with Crippen molar-refractivity contribution in [2.24, 2.45) is 5.92 Å². The van der Waals surface area contributed by atoms with Crippen molar-refractivity contribution in [2.45, 2.75) is 57.4 Å². The van der Waals surface area contributed by atoms with Crippen LogP contribution in [0.15, 0.2) is 12.2 Å². The number of hydrogen-bond donors (Lipinski definition) is 0. The number of halogens is 3. The van der Waals surface area contributed by atoms with Crippen molar-refractivity contribution < 1.29 is 21.6 Å². The van der Waals surface area contributed by atoms with Crippen molar-refractivity contribution in [3.63, 3.8) is 0 Å². The molecule has 1 aliphatic carbocycles. The summed E-state index contributed by atoms with van der Waals surface area (Å²) in [5, 5.41) is 0. The maximum Gasteiger partial charge on any atom is 0.511 e. The quantitative estimate of drug-likeness (QED) is 0.661. The predicted molar refractivity (Wildman–Crippen MR) is 77.2 cm³/mol. The van der Waals surface area contributed by atoms with Crippen LogP contribution in [0.5, 0.6) is 0 Å². The number of sulfonamides is 1. The summed E-state index contributed by atoms with van der Waals surface area (Å²) in [5.74, 6) is 0.375. The fourth-order valence-electron chi connectivity index (χ4n) is 2.49. The lowest BCUT2D eigenvalue weighted by Gasteiger charge is -2.22. The molecule has 1 fully saturated rings. The van der Waals surface area contributed by atoms with Gasteiger partial charge in [-0.25, -0.2) is 8.42 Å². The maximum absolute atomic E-state index is 12.6. The number of nitrogens with zero attached hydrogens (tertiary/aromatic N) is 1. The van der Waals surface area contributed by atoms with Crippen molar-refractivity contribution in [2.75, 3.05) is 13.1 Å². The number of unbranched alkanes of at least 4 members (excludes halogenated alkanes) is 1. The molecule has 7 heteroatoms. The molecule has 0 heterocycles. The summed E-state index contributed by atoms with van der Waals surface area (Å²) in [6.07, 6.45) is 10.1. The normalized spacial score (nSPS) is 18.7. The lowest BCUT2D eigenvalue weighted by molar-refractivity contribution is -0.0486. The Kier molecular flexibility index (Phi) is 7.20. The molecule has 0 aliphatic heterocycles. The monoisotopic (exact) mass is 327 g/mol. The summed E-state index contributed by atoms with van der Waals surface area (Å²) < 4.78 is 61.5. The van der Waals surface area contributed by atoms with Crippen LogP contribution in [-0.4, -0.2) is 31.3 Å². The Balaban J connectivity index is 2.67. The molecule has 1 saturated carbocycles. The first-order chi connectivity index (χ1) is 9.79. The molecular formula is C14H24F3NO2S. The molecule has 1 rings (SSSR count). The van der Waals surface area contributed by atoms with E-state index in [4.69, 9.17) is 0 Å². The second-order valence-corrected chi connectivity index (χ2v) is 7.42. The first-order valence-electron chi connectivity index (χ1n) is 7.52. The largest absolute Gasteiger partial charge is 0.511 e. The van der Waals surface area contributed by atoms with Crippen LogP contribution in [0.25, 0.3) is 0 Å². The maximum atomic E-state index is 12.6. The third-order valence-electron chi connectivity index (χ3n) is 3.76. The van der Waals surface area contributed by atoms with Crippen LogP contribution in [0.2, 0.25) is 0 Å². The van der Waals surface area contributed by atoms with Crippen LogP contribution in [0, 0.1) is 5.92 Å². The van der Waals surface area contributed by atoms with Crippen LogP contribution >= 0.6 is 0 Å². The molecule has 0 aromatic carbocycles. The van der Waals surface area contributed by atoms with Crippen LogP contribution < -0.4 is 0 Å². The Morgan fingerprint density at radius 1 is 1.19 bits per heavy atom. The van der Waals surface area contributed by atoms with E-state index in [1.165, 1.54) is 6.42 Å². The first kappa shape index (κ1) is 18.5. The Morgan fingerprint density at radius 3 is 2.33 bits per heavy atom. The second-order valence-electron chi connectivity index (χ2n) is 5.49. The summed E-state index contributed by atoms with van der Waals surface area (Å²) >= 11 is 0. The van der Waals surface area contributed by atoms with Gasteiger partial charge in [0.25, 0.3) is 0 Å². The van der Waals surface area contributed by atoms with Crippen LogP contribution in [0.4, 0.5) is 13.2 Å². The van der Waals surface area contributed by atoms with E-state index in [1.807, 2.05) is 13.0 Å². The molecule has 0 saturated heterocycles. The van der Waals surface area contributed by atoms with E-state index >= 15 is 0 Å². The van der Waals surface area contributed by atoms with Gasteiger partial charge in [-0.15, -0.1) is 0 Å². The average molecular weight is 327 g/mol. The zero-order chi connectivity index (χ0) is 15.9. The average Bonchev–Trinajstić information content (AvgIpc) is 2.42. The zero-order valence-corrected chi connectivity index (χ0v) is 13.2. The molecule has 0 unspecified atom stereocenters. The highest BCUT2D eigenvalue weighted by molar-refractivity contribution is 7.90. The highest BCUT2D eigenvalue weighted by Gasteiger charge is 2.49. The standard InChI is InChI=1S/C14H24F3NO2S/c1-2-3-11-18(21(19,20)14(15,16)17)12-7-10-13-8-5-4-6-9-13/h7,10,13H,2-6,8-9,11-12H2,1H3/b10-7+. The molecule has 21 heavy (non-hydrogen) atoms. The molecule has 0 atom stereocenters. The SMILES string of the molecule is CCCCN(C/C=C/C1CCCCC1)S(=O)(=O)C(F)(F)F. The highest BCUT2D eigenvalue weighted by Crippen LogP contribution is 2.28. The fraction of sp³-hybridized carbons (Fsp3) is 0.857. The second kappa shape index (κ2) is 8.17. The molecule has 3 nitrogen and oxygen atoms in total. The van der Waals surface area contributed by atoms with Gasteiger partial charge in [-0.1, -0.05) is 44.8 Å². The number of hydrogen-bond acceptors (Lipinski definition) is 2. The third-order valence-corrected chi connectivity index (χ3v) is 5.36. The molecule has 0 aromatic heterocycles. The minimum absolute atomic E-state index is 0.0899. The predicted octanol–water partition coefficient (Wildman–Crippen LogP) is 4.07. The van der Waals surface area contributed by atoms with Gasteiger partial charge >= 0.3 is 15.5 Å². The first-order valence-corrected chi connectivity index (χ1v) is 8.96. The Morgan fingerprint density at radius 2 is 1.81 bits per heavy atom. The van der Waals surface area contributed by atoms with Gasteiger partial charge in [0.2, 0.25) is 0 Å².